The first-order valence-electron chi connectivity index (χ1n) is 6.45. The molecule has 0 aromatic heterocycles. The second-order valence-electron chi connectivity index (χ2n) is 4.81. The second-order valence-corrected chi connectivity index (χ2v) is 4.81. The highest BCUT2D eigenvalue weighted by atomic mass is 19.4. The average Bonchev–Trinajstić information content (AvgIpc) is 2.91. The summed E-state index contributed by atoms with van der Waals surface area (Å²) in [6, 6.07) is 4.99. The summed E-state index contributed by atoms with van der Waals surface area (Å²) in [5, 5.41) is 11.9. The standard InChI is InChI=1S/C14H15F3N2O/c15-14(16,17)13-7-12(2-1-11(13)8-18)20-6-4-10-3-5-19-9-10/h1-2,7,10,19H,3-6,9H2. The van der Waals surface area contributed by atoms with Gasteiger partial charge in [0.2, 0.25) is 0 Å². The van der Waals surface area contributed by atoms with Crippen LogP contribution in [0.25, 0.3) is 0 Å². The number of rotatable bonds is 4. The molecule has 0 amide bonds. The Morgan fingerprint density at radius 3 is 2.80 bits per heavy atom. The van der Waals surface area contributed by atoms with Crippen LogP contribution in [0, 0.1) is 17.2 Å². The van der Waals surface area contributed by atoms with Crippen LogP contribution < -0.4 is 10.1 Å². The Bertz CT molecular complexity index is 502. The number of halogens is 3. The molecule has 0 bridgehead atoms. The van der Waals surface area contributed by atoms with Crippen LogP contribution in [-0.4, -0.2) is 19.7 Å². The lowest BCUT2D eigenvalue weighted by Crippen LogP contribution is -2.12. The zero-order chi connectivity index (χ0) is 14.6. The molecule has 6 heteroatoms. The van der Waals surface area contributed by atoms with Gasteiger partial charge in [-0.25, -0.2) is 0 Å². The molecule has 2 rings (SSSR count). The van der Waals surface area contributed by atoms with E-state index in [1.165, 1.54) is 6.07 Å². The maximum absolute atomic E-state index is 12.8. The Morgan fingerprint density at radius 1 is 1.40 bits per heavy atom. The first-order valence-corrected chi connectivity index (χ1v) is 6.45. The van der Waals surface area contributed by atoms with Crippen molar-refractivity contribution in [1.29, 1.82) is 5.26 Å². The Morgan fingerprint density at radius 2 is 2.20 bits per heavy atom. The van der Waals surface area contributed by atoms with Crippen molar-refractivity contribution in [2.75, 3.05) is 19.7 Å². The van der Waals surface area contributed by atoms with Crippen molar-refractivity contribution in [3.8, 4) is 11.8 Å². The van der Waals surface area contributed by atoms with Gasteiger partial charge >= 0.3 is 6.18 Å². The van der Waals surface area contributed by atoms with Crippen molar-refractivity contribution in [3.63, 3.8) is 0 Å². The van der Waals surface area contributed by atoms with E-state index in [9.17, 15) is 13.2 Å². The van der Waals surface area contributed by atoms with Gasteiger partial charge in [0, 0.05) is 0 Å². The molecule has 108 valence electrons. The molecule has 0 radical (unpaired) electrons. The van der Waals surface area contributed by atoms with E-state index in [0.717, 1.165) is 38.1 Å². The number of benzene rings is 1. The predicted molar refractivity (Wildman–Crippen MR) is 67.2 cm³/mol. The molecule has 1 aromatic rings. The average molecular weight is 284 g/mol. The molecule has 1 fully saturated rings. The topological polar surface area (TPSA) is 45.0 Å². The van der Waals surface area contributed by atoms with Crippen LogP contribution >= 0.6 is 0 Å². The molecule has 1 heterocycles. The third-order valence-corrected chi connectivity index (χ3v) is 3.37. The van der Waals surface area contributed by atoms with Crippen LogP contribution in [0.3, 0.4) is 0 Å². The summed E-state index contributed by atoms with van der Waals surface area (Å²) < 4.78 is 43.7. The lowest BCUT2D eigenvalue weighted by Gasteiger charge is -2.13. The van der Waals surface area contributed by atoms with E-state index in [0.29, 0.717) is 12.5 Å². The fraction of sp³-hybridized carbons (Fsp3) is 0.500. The molecule has 1 aliphatic rings. The molecule has 0 saturated carbocycles. The predicted octanol–water partition coefficient (Wildman–Crippen LogP) is 2.96. The molecule has 1 aliphatic heterocycles. The number of hydrogen-bond acceptors (Lipinski definition) is 3. The summed E-state index contributed by atoms with van der Waals surface area (Å²) in [5.74, 6) is 0.678. The number of nitrogens with one attached hydrogen (secondary N) is 1. The number of ether oxygens (including phenoxy) is 1. The second kappa shape index (κ2) is 6.14. The maximum atomic E-state index is 12.8. The van der Waals surface area contributed by atoms with E-state index in [-0.39, 0.29) is 11.3 Å². The quantitative estimate of drug-likeness (QED) is 0.924. The van der Waals surface area contributed by atoms with E-state index >= 15 is 0 Å². The van der Waals surface area contributed by atoms with Crippen LogP contribution in [0.5, 0.6) is 5.75 Å². The summed E-state index contributed by atoms with van der Waals surface area (Å²) in [5.41, 5.74) is -1.33. The van der Waals surface area contributed by atoms with Crippen molar-refractivity contribution in [3.05, 3.63) is 29.3 Å². The monoisotopic (exact) mass is 284 g/mol. The molecule has 3 nitrogen and oxygen atoms in total. The van der Waals surface area contributed by atoms with Crippen molar-refractivity contribution < 1.29 is 17.9 Å². The third-order valence-electron chi connectivity index (χ3n) is 3.37. The van der Waals surface area contributed by atoms with Gasteiger partial charge in [-0.15, -0.1) is 0 Å². The van der Waals surface area contributed by atoms with Gasteiger partial charge in [0.05, 0.1) is 23.8 Å². The Balaban J connectivity index is 2.00. The highest BCUT2D eigenvalue weighted by Gasteiger charge is 2.34. The minimum absolute atomic E-state index is 0.155. The van der Waals surface area contributed by atoms with Crippen molar-refractivity contribution in [2.24, 2.45) is 5.92 Å². The Kier molecular flexibility index (Phi) is 4.50. The Hall–Kier alpha value is -1.74. The van der Waals surface area contributed by atoms with Crippen molar-refractivity contribution in [2.45, 2.75) is 19.0 Å². The largest absolute Gasteiger partial charge is 0.494 e. The summed E-state index contributed by atoms with van der Waals surface area (Å²) >= 11 is 0. The van der Waals surface area contributed by atoms with Crippen LogP contribution in [0.2, 0.25) is 0 Å². The number of nitrogens with zero attached hydrogens (tertiary/aromatic N) is 1. The fourth-order valence-electron chi connectivity index (χ4n) is 2.25. The van der Waals surface area contributed by atoms with Crippen LogP contribution in [0.1, 0.15) is 24.0 Å². The van der Waals surface area contributed by atoms with Gasteiger partial charge in [0.15, 0.2) is 0 Å². The minimum Gasteiger partial charge on any atom is -0.494 e. The van der Waals surface area contributed by atoms with Crippen LogP contribution in [0.15, 0.2) is 18.2 Å². The van der Waals surface area contributed by atoms with E-state index in [1.54, 1.807) is 6.07 Å². The fourth-order valence-corrected chi connectivity index (χ4v) is 2.25. The Labute approximate surface area is 115 Å². The summed E-state index contributed by atoms with van der Waals surface area (Å²) in [7, 11) is 0. The molecule has 20 heavy (non-hydrogen) atoms. The summed E-state index contributed by atoms with van der Waals surface area (Å²) in [6.45, 7) is 2.31. The van der Waals surface area contributed by atoms with E-state index in [2.05, 4.69) is 5.32 Å². The molecule has 1 saturated heterocycles. The first kappa shape index (κ1) is 14.7. The molecular weight excluding hydrogens is 269 g/mol. The zero-order valence-electron chi connectivity index (χ0n) is 10.8. The van der Waals surface area contributed by atoms with Crippen molar-refractivity contribution >= 4 is 0 Å². The molecular formula is C14H15F3N2O. The van der Waals surface area contributed by atoms with Gasteiger partial charge in [-0.1, -0.05) is 0 Å². The van der Waals surface area contributed by atoms with Gasteiger partial charge < -0.3 is 10.1 Å². The molecule has 1 atom stereocenters. The highest BCUT2D eigenvalue weighted by Crippen LogP contribution is 2.34. The molecule has 1 aromatic carbocycles. The van der Waals surface area contributed by atoms with Crippen LogP contribution in [-0.2, 0) is 6.18 Å². The van der Waals surface area contributed by atoms with Gasteiger partial charge in [0.1, 0.15) is 5.75 Å². The van der Waals surface area contributed by atoms with E-state index in [4.69, 9.17) is 10.00 Å². The molecule has 0 aliphatic carbocycles. The highest BCUT2D eigenvalue weighted by molar-refractivity contribution is 5.44. The van der Waals surface area contributed by atoms with Gasteiger partial charge in [0.25, 0.3) is 0 Å². The normalized spacial score (nSPS) is 18.8. The molecule has 0 spiro atoms. The summed E-state index contributed by atoms with van der Waals surface area (Å²) in [6.07, 6.45) is -2.65. The van der Waals surface area contributed by atoms with Gasteiger partial charge in [-0.05, 0) is 50.0 Å². The first-order chi connectivity index (χ1) is 9.50. The van der Waals surface area contributed by atoms with Gasteiger partial charge in [-0.2, -0.15) is 18.4 Å². The van der Waals surface area contributed by atoms with E-state index < -0.39 is 11.7 Å². The minimum atomic E-state index is -4.54. The van der Waals surface area contributed by atoms with Gasteiger partial charge in [-0.3, -0.25) is 0 Å². The number of hydrogen-bond donors (Lipinski definition) is 1. The van der Waals surface area contributed by atoms with E-state index in [1.807, 2.05) is 0 Å². The molecule has 1 unspecified atom stereocenters. The van der Waals surface area contributed by atoms with Crippen molar-refractivity contribution in [1.82, 2.24) is 5.32 Å². The smallest absolute Gasteiger partial charge is 0.417 e. The molecule has 1 N–H and O–H groups in total. The SMILES string of the molecule is N#Cc1ccc(OCCC2CCNC2)cc1C(F)(F)F. The number of nitriles is 1. The lowest BCUT2D eigenvalue weighted by atomic mass is 10.1. The maximum Gasteiger partial charge on any atom is 0.417 e. The lowest BCUT2D eigenvalue weighted by molar-refractivity contribution is -0.137. The summed E-state index contributed by atoms with van der Waals surface area (Å²) in [4.78, 5) is 0. The van der Waals surface area contributed by atoms with Crippen LogP contribution in [0.4, 0.5) is 13.2 Å². The third kappa shape index (κ3) is 3.64. The number of alkyl halides is 3. The zero-order valence-corrected chi connectivity index (χ0v) is 10.8.